The molecule has 0 amide bonds. The third-order valence-electron chi connectivity index (χ3n) is 6.14. The van der Waals surface area contributed by atoms with Gasteiger partial charge in [-0.05, 0) is 65.9 Å². The number of ether oxygens (including phenoxy) is 2. The fourth-order valence-corrected chi connectivity index (χ4v) is 5.57. The van der Waals surface area contributed by atoms with Gasteiger partial charge in [0, 0.05) is 5.56 Å². The summed E-state index contributed by atoms with van der Waals surface area (Å²) in [6.45, 7) is 4.24. The van der Waals surface area contributed by atoms with Gasteiger partial charge < -0.3 is 9.47 Å². The van der Waals surface area contributed by atoms with Gasteiger partial charge in [0.1, 0.15) is 17.6 Å². The second-order valence-corrected chi connectivity index (χ2v) is 9.89. The maximum atomic E-state index is 12.8. The van der Waals surface area contributed by atoms with E-state index in [1.165, 1.54) is 18.6 Å². The monoisotopic (exact) mass is 421 g/mol. The number of esters is 1. The average molecular weight is 422 g/mol. The van der Waals surface area contributed by atoms with Gasteiger partial charge in [0.05, 0.1) is 5.92 Å². The Balaban J connectivity index is 1.37. The van der Waals surface area contributed by atoms with Crippen LogP contribution in [0.15, 0.2) is 54.6 Å². The van der Waals surface area contributed by atoms with Gasteiger partial charge in [-0.1, -0.05) is 44.2 Å². The van der Waals surface area contributed by atoms with Crippen molar-refractivity contribution < 1.29 is 14.3 Å². The first kappa shape index (κ1) is 20.8. The van der Waals surface area contributed by atoms with Gasteiger partial charge in [0.15, 0.2) is 0 Å². The number of rotatable bonds is 9. The van der Waals surface area contributed by atoms with E-state index >= 15 is 0 Å². The van der Waals surface area contributed by atoms with Crippen molar-refractivity contribution in [3.63, 3.8) is 0 Å². The van der Waals surface area contributed by atoms with Gasteiger partial charge in [0.2, 0.25) is 6.10 Å². The maximum absolute atomic E-state index is 12.8. The summed E-state index contributed by atoms with van der Waals surface area (Å²) >= 11 is 1.95. The number of thioether (sulfide) groups is 1. The molecule has 0 N–H and O–H groups in total. The molecule has 2 aliphatic rings. The summed E-state index contributed by atoms with van der Waals surface area (Å²) in [6, 6.07) is 18.8. The van der Waals surface area contributed by atoms with Crippen LogP contribution in [0.3, 0.4) is 0 Å². The summed E-state index contributed by atoms with van der Waals surface area (Å²) in [4.78, 5) is 12.8. The molecule has 4 nitrogen and oxygen atoms in total. The lowest BCUT2D eigenvalue weighted by Crippen LogP contribution is -2.14. The van der Waals surface area contributed by atoms with Gasteiger partial charge >= 0.3 is 5.97 Å². The summed E-state index contributed by atoms with van der Waals surface area (Å²) in [6.07, 6.45) is 1.76. The molecule has 2 aromatic rings. The molecule has 156 valence electrons. The lowest BCUT2D eigenvalue weighted by molar-refractivity contribution is -0.149. The first-order chi connectivity index (χ1) is 14.5. The van der Waals surface area contributed by atoms with E-state index in [0.717, 1.165) is 11.7 Å². The molecular weight excluding hydrogens is 394 g/mol. The third kappa shape index (κ3) is 4.82. The standard InChI is InChI=1S/C25H27NO3S/c1-25(2)21(16-30-15-17-11-12-17)23(25)24(27)29-22(14-26)18-7-6-10-20(13-18)28-19-8-4-3-5-9-19/h3-10,13,17,21-23H,11-12,15-16H2,1-2H3/t21-,22?,23-/m0/s1. The van der Waals surface area contributed by atoms with E-state index in [0.29, 0.717) is 23.0 Å². The van der Waals surface area contributed by atoms with E-state index < -0.39 is 6.10 Å². The number of carbonyl (C=O) groups excluding carboxylic acids is 1. The van der Waals surface area contributed by atoms with E-state index in [4.69, 9.17) is 9.47 Å². The highest BCUT2D eigenvalue weighted by atomic mass is 32.2. The Hall–Kier alpha value is -2.45. The topological polar surface area (TPSA) is 59.3 Å². The highest BCUT2D eigenvalue weighted by Crippen LogP contribution is 2.60. The van der Waals surface area contributed by atoms with Gasteiger partial charge in [-0.15, -0.1) is 0 Å². The predicted molar refractivity (Wildman–Crippen MR) is 118 cm³/mol. The molecule has 0 heterocycles. The SMILES string of the molecule is CC1(C)[C@H](C(=O)OC(C#N)c2cccc(Oc3ccccc3)c2)[C@@H]1CSCC1CC1. The number of para-hydroxylation sites is 1. The number of hydrogen-bond donors (Lipinski definition) is 0. The molecule has 2 aliphatic carbocycles. The Morgan fingerprint density at radius 2 is 1.87 bits per heavy atom. The molecular formula is C25H27NO3S. The first-order valence-electron chi connectivity index (χ1n) is 10.5. The fraction of sp³-hybridized carbons (Fsp3) is 0.440. The van der Waals surface area contributed by atoms with Crippen LogP contribution in [0.1, 0.15) is 38.4 Å². The molecule has 2 fully saturated rings. The summed E-state index contributed by atoms with van der Waals surface area (Å²) in [5.74, 6) is 4.31. The number of nitrogens with zero attached hydrogens (tertiary/aromatic N) is 1. The minimum Gasteiger partial charge on any atom is -0.457 e. The van der Waals surface area contributed by atoms with E-state index in [-0.39, 0.29) is 17.3 Å². The second-order valence-electron chi connectivity index (χ2n) is 8.82. The molecule has 4 rings (SSSR count). The van der Waals surface area contributed by atoms with Crippen LogP contribution in [0.5, 0.6) is 11.5 Å². The molecule has 3 atom stereocenters. The highest BCUT2D eigenvalue weighted by Gasteiger charge is 2.62. The zero-order valence-electron chi connectivity index (χ0n) is 17.4. The zero-order chi connectivity index (χ0) is 21.1. The van der Waals surface area contributed by atoms with Crippen molar-refractivity contribution in [1.82, 2.24) is 0 Å². The molecule has 5 heteroatoms. The summed E-state index contributed by atoms with van der Waals surface area (Å²) in [5, 5.41) is 9.64. The molecule has 0 saturated heterocycles. The Labute approximate surface area is 182 Å². The highest BCUT2D eigenvalue weighted by molar-refractivity contribution is 7.99. The number of benzene rings is 2. The lowest BCUT2D eigenvalue weighted by Gasteiger charge is -2.13. The minimum absolute atomic E-state index is 0.0636. The summed E-state index contributed by atoms with van der Waals surface area (Å²) < 4.78 is 11.5. The van der Waals surface area contributed by atoms with Gasteiger partial charge in [0.25, 0.3) is 0 Å². The van der Waals surface area contributed by atoms with Crippen LogP contribution in [0.4, 0.5) is 0 Å². The van der Waals surface area contributed by atoms with Crippen LogP contribution in [0, 0.1) is 34.5 Å². The Morgan fingerprint density at radius 3 is 2.57 bits per heavy atom. The molecule has 0 aliphatic heterocycles. The van der Waals surface area contributed by atoms with Crippen molar-refractivity contribution >= 4 is 17.7 Å². The van der Waals surface area contributed by atoms with Crippen molar-refractivity contribution in [1.29, 1.82) is 5.26 Å². The molecule has 1 unspecified atom stereocenters. The zero-order valence-corrected chi connectivity index (χ0v) is 18.2. The Kier molecular flexibility index (Phi) is 6.06. The third-order valence-corrected chi connectivity index (χ3v) is 7.45. The largest absolute Gasteiger partial charge is 0.457 e. The molecule has 0 bridgehead atoms. The number of carbonyl (C=O) groups is 1. The number of hydrogen-bond acceptors (Lipinski definition) is 5. The van der Waals surface area contributed by atoms with Crippen molar-refractivity contribution in [2.75, 3.05) is 11.5 Å². The first-order valence-corrected chi connectivity index (χ1v) is 11.6. The van der Waals surface area contributed by atoms with Crippen molar-refractivity contribution in [2.45, 2.75) is 32.8 Å². The lowest BCUT2D eigenvalue weighted by atomic mass is 10.1. The fourth-order valence-electron chi connectivity index (χ4n) is 3.89. The normalized spacial score (nSPS) is 22.6. The molecule has 0 radical (unpaired) electrons. The molecule has 2 saturated carbocycles. The quantitative estimate of drug-likeness (QED) is 0.465. The molecule has 30 heavy (non-hydrogen) atoms. The summed E-state index contributed by atoms with van der Waals surface area (Å²) in [5.41, 5.74) is 0.559. The predicted octanol–water partition coefficient (Wildman–Crippen LogP) is 6.00. The van der Waals surface area contributed by atoms with Crippen LogP contribution in [0.25, 0.3) is 0 Å². The van der Waals surface area contributed by atoms with Crippen molar-refractivity contribution in [3.05, 3.63) is 60.2 Å². The van der Waals surface area contributed by atoms with Crippen LogP contribution >= 0.6 is 11.8 Å². The van der Waals surface area contributed by atoms with Gasteiger partial charge in [-0.25, -0.2) is 0 Å². The van der Waals surface area contributed by atoms with E-state index in [1.54, 1.807) is 12.1 Å². The second kappa shape index (κ2) is 8.73. The Bertz CT molecular complexity index is 933. The van der Waals surface area contributed by atoms with Crippen molar-refractivity contribution in [3.8, 4) is 17.6 Å². The van der Waals surface area contributed by atoms with E-state index in [1.807, 2.05) is 54.2 Å². The number of nitriles is 1. The van der Waals surface area contributed by atoms with Crippen LogP contribution in [-0.2, 0) is 9.53 Å². The van der Waals surface area contributed by atoms with E-state index in [2.05, 4.69) is 19.9 Å². The molecule has 0 aromatic heterocycles. The smallest absolute Gasteiger partial charge is 0.311 e. The van der Waals surface area contributed by atoms with Crippen LogP contribution < -0.4 is 4.74 Å². The average Bonchev–Trinajstić information content (AvgIpc) is 3.65. The van der Waals surface area contributed by atoms with E-state index in [9.17, 15) is 10.1 Å². The molecule has 2 aromatic carbocycles. The maximum Gasteiger partial charge on any atom is 0.311 e. The minimum atomic E-state index is -0.937. The Morgan fingerprint density at radius 1 is 1.13 bits per heavy atom. The van der Waals surface area contributed by atoms with Crippen LogP contribution in [0.2, 0.25) is 0 Å². The van der Waals surface area contributed by atoms with Gasteiger partial charge in [-0.3, -0.25) is 4.79 Å². The molecule has 0 spiro atoms. The summed E-state index contributed by atoms with van der Waals surface area (Å²) in [7, 11) is 0. The van der Waals surface area contributed by atoms with Crippen LogP contribution in [-0.4, -0.2) is 17.5 Å². The van der Waals surface area contributed by atoms with Crippen molar-refractivity contribution in [2.24, 2.45) is 23.2 Å². The van der Waals surface area contributed by atoms with Gasteiger partial charge in [-0.2, -0.15) is 17.0 Å².